The third-order valence-electron chi connectivity index (χ3n) is 3.40. The van der Waals surface area contributed by atoms with Crippen molar-refractivity contribution in [3.8, 4) is 0 Å². The number of nitrogens with zero attached hydrogens (tertiary/aromatic N) is 2. The fourth-order valence-corrected chi connectivity index (χ4v) is 2.01. The minimum Gasteiger partial charge on any atom is -0.469 e. The van der Waals surface area contributed by atoms with Gasteiger partial charge < -0.3 is 15.4 Å². The average molecular weight is 255 g/mol. The molecule has 1 fully saturated rings. The van der Waals surface area contributed by atoms with Gasteiger partial charge in [0.25, 0.3) is 0 Å². The van der Waals surface area contributed by atoms with Crippen LogP contribution in [0.1, 0.15) is 39.0 Å². The Bertz CT molecular complexity index is 284. The largest absolute Gasteiger partial charge is 0.469 e. The topological polar surface area (TPSA) is 67.9 Å². The summed E-state index contributed by atoms with van der Waals surface area (Å²) >= 11 is 0. The molecule has 0 aliphatic carbocycles. The minimum atomic E-state index is -0.156. The van der Waals surface area contributed by atoms with Crippen LogP contribution in [-0.2, 0) is 9.53 Å². The molecule has 0 bridgehead atoms. The predicted molar refractivity (Wildman–Crippen MR) is 72.3 cm³/mol. The summed E-state index contributed by atoms with van der Waals surface area (Å²) in [7, 11) is 1.41. The average Bonchev–Trinajstić information content (AvgIpc) is 2.38. The number of carbonyl (C=O) groups is 1. The summed E-state index contributed by atoms with van der Waals surface area (Å²) < 4.78 is 4.58. The van der Waals surface area contributed by atoms with Gasteiger partial charge in [0.1, 0.15) is 0 Å². The molecule has 0 unspecified atom stereocenters. The summed E-state index contributed by atoms with van der Waals surface area (Å²) in [6.45, 7) is 4.99. The van der Waals surface area contributed by atoms with Gasteiger partial charge in [-0.15, -0.1) is 0 Å². The number of ether oxygens (including phenoxy) is 1. The van der Waals surface area contributed by atoms with E-state index in [1.807, 2.05) is 0 Å². The number of carbonyl (C=O) groups excluding carboxylic acids is 1. The molecule has 0 spiro atoms. The summed E-state index contributed by atoms with van der Waals surface area (Å²) in [5.41, 5.74) is 5.95. The van der Waals surface area contributed by atoms with E-state index in [0.29, 0.717) is 18.9 Å². The van der Waals surface area contributed by atoms with Crippen LogP contribution in [0.2, 0.25) is 0 Å². The first-order chi connectivity index (χ1) is 8.63. The number of unbranched alkanes of at least 4 members (excludes halogenated alkanes) is 1. The van der Waals surface area contributed by atoms with Gasteiger partial charge in [-0.3, -0.25) is 9.79 Å². The van der Waals surface area contributed by atoms with Gasteiger partial charge in [-0.25, -0.2) is 0 Å². The number of piperidine rings is 1. The summed E-state index contributed by atoms with van der Waals surface area (Å²) in [5.74, 6) is 1.30. The Morgan fingerprint density at radius 1 is 1.39 bits per heavy atom. The molecule has 0 amide bonds. The number of hydrogen-bond acceptors (Lipinski definition) is 3. The molecule has 0 atom stereocenters. The van der Waals surface area contributed by atoms with Gasteiger partial charge in [0.2, 0.25) is 0 Å². The van der Waals surface area contributed by atoms with Crippen LogP contribution in [0.15, 0.2) is 4.99 Å². The molecule has 1 aliphatic rings. The Morgan fingerprint density at radius 3 is 2.67 bits per heavy atom. The number of hydrogen-bond donors (Lipinski definition) is 1. The van der Waals surface area contributed by atoms with Gasteiger partial charge in [-0.1, -0.05) is 6.92 Å². The Morgan fingerprint density at radius 2 is 2.06 bits per heavy atom. The number of likely N-dealkylation sites (tertiary alicyclic amines) is 1. The first-order valence-corrected chi connectivity index (χ1v) is 6.75. The molecule has 1 heterocycles. The van der Waals surface area contributed by atoms with Gasteiger partial charge in [-0.2, -0.15) is 0 Å². The summed E-state index contributed by atoms with van der Waals surface area (Å²) in [6.07, 6.45) is 4.53. The van der Waals surface area contributed by atoms with E-state index >= 15 is 0 Å². The Hall–Kier alpha value is -1.26. The van der Waals surface area contributed by atoms with E-state index < -0.39 is 0 Å². The highest BCUT2D eigenvalue weighted by molar-refractivity contribution is 5.78. The second kappa shape index (κ2) is 7.95. The van der Waals surface area contributed by atoms with E-state index in [9.17, 15) is 4.79 Å². The molecular weight excluding hydrogens is 230 g/mol. The Balaban J connectivity index is 2.15. The van der Waals surface area contributed by atoms with Crippen LogP contribution in [0, 0.1) is 5.92 Å². The van der Waals surface area contributed by atoms with Crippen molar-refractivity contribution in [2.24, 2.45) is 16.6 Å². The molecule has 5 nitrogen and oxygen atoms in total. The molecule has 0 saturated carbocycles. The lowest BCUT2D eigenvalue weighted by Gasteiger charge is -2.31. The minimum absolute atomic E-state index is 0.156. The maximum absolute atomic E-state index is 10.9. The van der Waals surface area contributed by atoms with Crippen molar-refractivity contribution in [3.63, 3.8) is 0 Å². The van der Waals surface area contributed by atoms with E-state index in [0.717, 1.165) is 31.8 Å². The molecule has 1 aliphatic heterocycles. The molecule has 1 saturated heterocycles. The molecule has 0 aromatic rings. The molecule has 18 heavy (non-hydrogen) atoms. The van der Waals surface area contributed by atoms with Crippen molar-refractivity contribution in [2.45, 2.75) is 39.0 Å². The van der Waals surface area contributed by atoms with E-state index in [1.54, 1.807) is 0 Å². The standard InChI is InChI=1S/C13H25N3O2/c1-11-6-9-16(10-7-11)13(14)15-8-4-3-5-12(17)18-2/h11H,3-10H2,1-2H3,(H2,14,15). The predicted octanol–water partition coefficient (Wildman–Crippen LogP) is 1.38. The van der Waals surface area contributed by atoms with E-state index in [4.69, 9.17) is 5.73 Å². The fourth-order valence-electron chi connectivity index (χ4n) is 2.01. The number of methoxy groups -OCH3 is 1. The van der Waals surface area contributed by atoms with Crippen LogP contribution in [-0.4, -0.2) is 43.6 Å². The second-order valence-corrected chi connectivity index (χ2v) is 4.94. The fraction of sp³-hybridized carbons (Fsp3) is 0.846. The summed E-state index contributed by atoms with van der Waals surface area (Å²) in [4.78, 5) is 17.4. The van der Waals surface area contributed by atoms with Crippen molar-refractivity contribution in [1.29, 1.82) is 0 Å². The zero-order valence-electron chi connectivity index (χ0n) is 11.5. The first-order valence-electron chi connectivity index (χ1n) is 6.75. The quantitative estimate of drug-likeness (QED) is 0.349. The molecule has 0 radical (unpaired) electrons. The van der Waals surface area contributed by atoms with Gasteiger partial charge in [0.15, 0.2) is 5.96 Å². The normalized spacial score (nSPS) is 17.9. The number of guanidine groups is 1. The van der Waals surface area contributed by atoms with Crippen LogP contribution in [0.4, 0.5) is 0 Å². The third kappa shape index (κ3) is 5.38. The van der Waals surface area contributed by atoms with Gasteiger partial charge in [-0.05, 0) is 31.6 Å². The number of aliphatic imine (C=N–C) groups is 1. The van der Waals surface area contributed by atoms with Gasteiger partial charge in [0.05, 0.1) is 7.11 Å². The van der Waals surface area contributed by atoms with Crippen LogP contribution < -0.4 is 5.73 Å². The molecule has 104 valence electrons. The molecule has 0 aromatic heterocycles. The van der Waals surface area contributed by atoms with Crippen molar-refractivity contribution >= 4 is 11.9 Å². The zero-order valence-corrected chi connectivity index (χ0v) is 11.5. The van der Waals surface area contributed by atoms with E-state index in [2.05, 4.69) is 21.6 Å². The molecule has 2 N–H and O–H groups in total. The number of rotatable bonds is 5. The van der Waals surface area contributed by atoms with Crippen LogP contribution in [0.5, 0.6) is 0 Å². The number of esters is 1. The van der Waals surface area contributed by atoms with Crippen molar-refractivity contribution < 1.29 is 9.53 Å². The zero-order chi connectivity index (χ0) is 13.4. The highest BCUT2D eigenvalue weighted by atomic mass is 16.5. The summed E-state index contributed by atoms with van der Waals surface area (Å²) in [6, 6.07) is 0. The van der Waals surface area contributed by atoms with Crippen molar-refractivity contribution in [1.82, 2.24) is 4.90 Å². The van der Waals surface area contributed by atoms with Gasteiger partial charge >= 0.3 is 5.97 Å². The van der Waals surface area contributed by atoms with Crippen molar-refractivity contribution in [2.75, 3.05) is 26.7 Å². The smallest absolute Gasteiger partial charge is 0.305 e. The Kier molecular flexibility index (Phi) is 6.54. The second-order valence-electron chi connectivity index (χ2n) is 4.94. The molecule has 5 heteroatoms. The third-order valence-corrected chi connectivity index (χ3v) is 3.40. The number of nitrogens with two attached hydrogens (primary N) is 1. The van der Waals surface area contributed by atoms with E-state index in [1.165, 1.54) is 20.0 Å². The van der Waals surface area contributed by atoms with Crippen LogP contribution >= 0.6 is 0 Å². The van der Waals surface area contributed by atoms with Crippen LogP contribution in [0.25, 0.3) is 0 Å². The van der Waals surface area contributed by atoms with Crippen LogP contribution in [0.3, 0.4) is 0 Å². The lowest BCUT2D eigenvalue weighted by atomic mass is 10.00. The molecular formula is C13H25N3O2. The summed E-state index contributed by atoms with van der Waals surface area (Å²) in [5, 5.41) is 0. The highest BCUT2D eigenvalue weighted by Gasteiger charge is 2.16. The van der Waals surface area contributed by atoms with Crippen molar-refractivity contribution in [3.05, 3.63) is 0 Å². The Labute approximate surface area is 109 Å². The maximum atomic E-state index is 10.9. The monoisotopic (exact) mass is 255 g/mol. The van der Waals surface area contributed by atoms with E-state index in [-0.39, 0.29) is 5.97 Å². The maximum Gasteiger partial charge on any atom is 0.305 e. The lowest BCUT2D eigenvalue weighted by Crippen LogP contribution is -2.42. The SMILES string of the molecule is COC(=O)CCCCN=C(N)N1CCC(C)CC1. The molecule has 0 aromatic carbocycles. The highest BCUT2D eigenvalue weighted by Crippen LogP contribution is 2.15. The molecule has 1 rings (SSSR count). The lowest BCUT2D eigenvalue weighted by molar-refractivity contribution is -0.140. The first kappa shape index (κ1) is 14.8. The van der Waals surface area contributed by atoms with Gasteiger partial charge in [0, 0.05) is 26.1 Å².